The van der Waals surface area contributed by atoms with E-state index in [-0.39, 0.29) is 6.61 Å². The molecule has 0 saturated carbocycles. The lowest BCUT2D eigenvalue weighted by molar-refractivity contribution is 0.299. The second kappa shape index (κ2) is 5.32. The first-order valence-electron chi connectivity index (χ1n) is 4.47. The minimum Gasteiger partial charge on any atom is -0.396 e. The fourth-order valence-corrected chi connectivity index (χ4v) is 1.87. The summed E-state index contributed by atoms with van der Waals surface area (Å²) in [6.07, 6.45) is 1.64. The topological polar surface area (TPSA) is 45.1 Å². The molecule has 0 radical (unpaired) electrons. The molecule has 1 aromatic rings. The summed E-state index contributed by atoms with van der Waals surface area (Å²) in [7, 11) is 1.95. The Morgan fingerprint density at radius 1 is 1.69 bits per heavy atom. The Kier molecular flexibility index (Phi) is 4.35. The van der Waals surface area contributed by atoms with Gasteiger partial charge in [0.05, 0.1) is 10.7 Å². The number of nitrogens with zero attached hydrogens (tertiary/aromatic N) is 1. The third kappa shape index (κ3) is 3.42. The highest BCUT2D eigenvalue weighted by molar-refractivity contribution is 7.09. The van der Waals surface area contributed by atoms with Crippen molar-refractivity contribution in [3.05, 3.63) is 16.1 Å². The van der Waals surface area contributed by atoms with Gasteiger partial charge in [0.15, 0.2) is 0 Å². The minimum atomic E-state index is 0.189. The Morgan fingerprint density at radius 3 is 3.08 bits per heavy atom. The Labute approximate surface area is 82.8 Å². The van der Waals surface area contributed by atoms with Crippen LogP contribution in [0.2, 0.25) is 0 Å². The molecule has 1 atom stereocenters. The van der Waals surface area contributed by atoms with Crippen LogP contribution in [0.5, 0.6) is 0 Å². The first kappa shape index (κ1) is 10.6. The van der Waals surface area contributed by atoms with E-state index in [4.69, 9.17) is 5.11 Å². The predicted octanol–water partition coefficient (Wildman–Crippen LogP) is 0.828. The van der Waals surface area contributed by atoms with Gasteiger partial charge in [0.1, 0.15) is 0 Å². The maximum absolute atomic E-state index is 8.71. The number of nitrogens with one attached hydrogen (secondary N) is 1. The van der Waals surface area contributed by atoms with Crippen molar-refractivity contribution in [1.82, 2.24) is 10.3 Å². The molecule has 1 aromatic heterocycles. The van der Waals surface area contributed by atoms with Crippen molar-refractivity contribution >= 4 is 11.3 Å². The van der Waals surface area contributed by atoms with Crippen LogP contribution in [0, 0.1) is 0 Å². The second-order valence-electron chi connectivity index (χ2n) is 3.10. The number of likely N-dealkylation sites (N-methyl/N-ethyl adjacent to an activating group) is 1. The molecular formula is C9H16N2OS. The van der Waals surface area contributed by atoms with Gasteiger partial charge in [0.25, 0.3) is 0 Å². The van der Waals surface area contributed by atoms with Gasteiger partial charge in [-0.2, -0.15) is 0 Å². The van der Waals surface area contributed by atoms with Crippen molar-refractivity contribution in [2.75, 3.05) is 13.7 Å². The van der Waals surface area contributed by atoms with Gasteiger partial charge in [0, 0.05) is 30.9 Å². The molecule has 0 aromatic carbocycles. The fourth-order valence-electron chi connectivity index (χ4n) is 1.07. The summed E-state index contributed by atoms with van der Waals surface area (Å²) in [6, 6.07) is 0.462. The Morgan fingerprint density at radius 2 is 2.46 bits per heavy atom. The van der Waals surface area contributed by atoms with Crippen molar-refractivity contribution < 1.29 is 5.11 Å². The van der Waals surface area contributed by atoms with Gasteiger partial charge in [-0.05, 0) is 14.0 Å². The highest BCUT2D eigenvalue weighted by Gasteiger charge is 2.04. The van der Waals surface area contributed by atoms with Crippen molar-refractivity contribution in [1.29, 1.82) is 0 Å². The molecule has 0 aliphatic rings. The second-order valence-corrected chi connectivity index (χ2v) is 4.04. The van der Waals surface area contributed by atoms with Gasteiger partial charge in [0.2, 0.25) is 0 Å². The molecule has 1 unspecified atom stereocenters. The van der Waals surface area contributed by atoms with Crippen molar-refractivity contribution in [2.45, 2.75) is 25.8 Å². The molecule has 0 aliphatic carbocycles. The molecule has 3 nitrogen and oxygen atoms in total. The van der Waals surface area contributed by atoms with E-state index in [0.717, 1.165) is 17.1 Å². The number of rotatable bonds is 5. The van der Waals surface area contributed by atoms with Crippen LogP contribution >= 0.6 is 11.3 Å². The van der Waals surface area contributed by atoms with Crippen LogP contribution in [0.3, 0.4) is 0 Å². The van der Waals surface area contributed by atoms with E-state index in [1.54, 1.807) is 11.3 Å². The van der Waals surface area contributed by atoms with Crippen LogP contribution in [-0.4, -0.2) is 29.8 Å². The third-order valence-corrected chi connectivity index (χ3v) is 2.89. The van der Waals surface area contributed by atoms with Crippen LogP contribution < -0.4 is 5.32 Å². The summed E-state index contributed by atoms with van der Waals surface area (Å²) in [5.74, 6) is 0. The zero-order chi connectivity index (χ0) is 9.68. The molecule has 13 heavy (non-hydrogen) atoms. The summed E-state index contributed by atoms with van der Waals surface area (Å²) in [5, 5.41) is 15.0. The number of aliphatic hydroxyl groups is 1. The van der Waals surface area contributed by atoms with Crippen LogP contribution in [0.15, 0.2) is 5.38 Å². The van der Waals surface area contributed by atoms with Crippen LogP contribution in [0.25, 0.3) is 0 Å². The summed E-state index contributed by atoms with van der Waals surface area (Å²) < 4.78 is 0. The molecule has 0 bridgehead atoms. The first-order valence-corrected chi connectivity index (χ1v) is 5.35. The summed E-state index contributed by atoms with van der Waals surface area (Å²) in [4.78, 5) is 4.41. The zero-order valence-electron chi connectivity index (χ0n) is 8.08. The smallest absolute Gasteiger partial charge is 0.0951 e. The standard InChI is InChI=1S/C9H16N2OS/c1-7(10-2)5-8-6-13-9(11-8)3-4-12/h6-7,10,12H,3-5H2,1-2H3. The molecule has 0 fully saturated rings. The van der Waals surface area contributed by atoms with Gasteiger partial charge in [-0.25, -0.2) is 4.98 Å². The number of thiazole rings is 1. The van der Waals surface area contributed by atoms with E-state index < -0.39 is 0 Å². The number of aliphatic hydroxyl groups excluding tert-OH is 1. The van der Waals surface area contributed by atoms with Gasteiger partial charge < -0.3 is 10.4 Å². The molecule has 1 heterocycles. The number of hydrogen-bond acceptors (Lipinski definition) is 4. The van der Waals surface area contributed by atoms with Crippen molar-refractivity contribution in [3.8, 4) is 0 Å². The van der Waals surface area contributed by atoms with Crippen LogP contribution in [0.4, 0.5) is 0 Å². The van der Waals surface area contributed by atoms with E-state index in [2.05, 4.69) is 22.6 Å². The largest absolute Gasteiger partial charge is 0.396 e. The summed E-state index contributed by atoms with van der Waals surface area (Å²) >= 11 is 1.63. The Bertz CT molecular complexity index is 250. The number of aromatic nitrogens is 1. The minimum absolute atomic E-state index is 0.189. The quantitative estimate of drug-likeness (QED) is 0.740. The molecule has 0 aliphatic heterocycles. The zero-order valence-corrected chi connectivity index (χ0v) is 8.90. The Hall–Kier alpha value is -0.450. The highest BCUT2D eigenvalue weighted by Crippen LogP contribution is 2.11. The van der Waals surface area contributed by atoms with E-state index >= 15 is 0 Å². The molecule has 4 heteroatoms. The van der Waals surface area contributed by atoms with Crippen molar-refractivity contribution in [3.63, 3.8) is 0 Å². The van der Waals surface area contributed by atoms with Crippen molar-refractivity contribution in [2.24, 2.45) is 0 Å². The normalized spacial score (nSPS) is 13.2. The summed E-state index contributed by atoms with van der Waals surface area (Å²) in [6.45, 7) is 2.32. The van der Waals surface area contributed by atoms with E-state index in [0.29, 0.717) is 12.5 Å². The average Bonchev–Trinajstić information content (AvgIpc) is 2.53. The molecule has 1 rings (SSSR count). The van der Waals surface area contributed by atoms with Gasteiger partial charge in [-0.1, -0.05) is 0 Å². The maximum Gasteiger partial charge on any atom is 0.0951 e. The molecular weight excluding hydrogens is 184 g/mol. The van der Waals surface area contributed by atoms with Crippen LogP contribution in [0.1, 0.15) is 17.6 Å². The molecule has 2 N–H and O–H groups in total. The van der Waals surface area contributed by atoms with E-state index in [9.17, 15) is 0 Å². The first-order chi connectivity index (χ1) is 6.26. The molecule has 0 spiro atoms. The molecule has 74 valence electrons. The monoisotopic (exact) mass is 200 g/mol. The average molecular weight is 200 g/mol. The lowest BCUT2D eigenvalue weighted by Gasteiger charge is -2.06. The third-order valence-electron chi connectivity index (χ3n) is 1.93. The molecule has 0 saturated heterocycles. The molecule has 0 amide bonds. The van der Waals surface area contributed by atoms with Gasteiger partial charge >= 0.3 is 0 Å². The lowest BCUT2D eigenvalue weighted by Crippen LogP contribution is -2.23. The summed E-state index contributed by atoms with van der Waals surface area (Å²) in [5.41, 5.74) is 1.12. The predicted molar refractivity (Wildman–Crippen MR) is 55.1 cm³/mol. The lowest BCUT2D eigenvalue weighted by atomic mass is 10.2. The van der Waals surface area contributed by atoms with E-state index in [1.807, 2.05) is 7.05 Å². The highest BCUT2D eigenvalue weighted by atomic mass is 32.1. The van der Waals surface area contributed by atoms with Crippen LogP contribution in [-0.2, 0) is 12.8 Å². The maximum atomic E-state index is 8.71. The van der Waals surface area contributed by atoms with E-state index in [1.165, 1.54) is 0 Å². The van der Waals surface area contributed by atoms with Gasteiger partial charge in [-0.3, -0.25) is 0 Å². The SMILES string of the molecule is CNC(C)Cc1csc(CCO)n1. The fraction of sp³-hybridized carbons (Fsp3) is 0.667. The van der Waals surface area contributed by atoms with Gasteiger partial charge in [-0.15, -0.1) is 11.3 Å². The Balaban J connectivity index is 2.48. The number of hydrogen-bond donors (Lipinski definition) is 2.